The molecule has 24 heavy (non-hydrogen) atoms. The Morgan fingerprint density at radius 3 is 2.46 bits per heavy atom. The summed E-state index contributed by atoms with van der Waals surface area (Å²) in [7, 11) is -2.93. The van der Waals surface area contributed by atoms with Crippen molar-refractivity contribution in [2.24, 2.45) is 0 Å². The Morgan fingerprint density at radius 1 is 1.12 bits per heavy atom. The molecular weight excluding hydrogens is 324 g/mol. The maximum atomic E-state index is 11.6. The Hall–Kier alpha value is -2.15. The van der Waals surface area contributed by atoms with E-state index in [2.05, 4.69) is 20.6 Å². The van der Waals surface area contributed by atoms with Crippen LogP contribution in [0.2, 0.25) is 0 Å². The largest absolute Gasteiger partial charge is 0.350 e. The summed E-state index contributed by atoms with van der Waals surface area (Å²) in [6.07, 6.45) is 0.597. The van der Waals surface area contributed by atoms with E-state index in [-0.39, 0.29) is 17.5 Å². The van der Waals surface area contributed by atoms with Gasteiger partial charge in [-0.25, -0.2) is 13.4 Å². The number of hydrogen-bond donors (Lipinski definition) is 2. The highest BCUT2D eigenvalue weighted by molar-refractivity contribution is 7.91. The van der Waals surface area contributed by atoms with E-state index < -0.39 is 9.84 Å². The molecule has 1 aromatic heterocycles. The van der Waals surface area contributed by atoms with E-state index >= 15 is 0 Å². The Kier molecular flexibility index (Phi) is 4.45. The molecule has 1 saturated heterocycles. The van der Waals surface area contributed by atoms with E-state index in [9.17, 15) is 8.42 Å². The van der Waals surface area contributed by atoms with Crippen molar-refractivity contribution in [1.82, 2.24) is 9.97 Å². The molecule has 1 fully saturated rings. The fraction of sp³-hybridized carbons (Fsp3) is 0.412. The maximum absolute atomic E-state index is 11.6. The zero-order chi connectivity index (χ0) is 17.3. The van der Waals surface area contributed by atoms with Crippen LogP contribution in [0.3, 0.4) is 0 Å². The summed E-state index contributed by atoms with van der Waals surface area (Å²) in [5.41, 5.74) is 4.14. The van der Waals surface area contributed by atoms with Crippen LogP contribution in [0.5, 0.6) is 0 Å². The average Bonchev–Trinajstić information content (AvgIpc) is 2.81. The fourth-order valence-electron chi connectivity index (χ4n) is 2.93. The van der Waals surface area contributed by atoms with Crippen molar-refractivity contribution in [1.29, 1.82) is 0 Å². The van der Waals surface area contributed by atoms with Crippen molar-refractivity contribution in [2.45, 2.75) is 33.2 Å². The number of nitrogens with one attached hydrogen (secondary N) is 2. The number of anilines is 3. The van der Waals surface area contributed by atoms with Gasteiger partial charge in [0.1, 0.15) is 5.82 Å². The third-order valence-corrected chi connectivity index (χ3v) is 5.92. The normalized spacial score (nSPS) is 19.2. The molecule has 3 rings (SSSR count). The van der Waals surface area contributed by atoms with Crippen LogP contribution in [0.15, 0.2) is 24.3 Å². The van der Waals surface area contributed by atoms with Crippen molar-refractivity contribution < 1.29 is 8.42 Å². The van der Waals surface area contributed by atoms with E-state index in [1.165, 1.54) is 0 Å². The molecule has 1 atom stereocenters. The Bertz CT molecular complexity index is 845. The minimum absolute atomic E-state index is 0.121. The predicted molar refractivity (Wildman–Crippen MR) is 96.6 cm³/mol. The van der Waals surface area contributed by atoms with Crippen LogP contribution < -0.4 is 10.6 Å². The minimum Gasteiger partial charge on any atom is -0.350 e. The molecule has 2 aromatic rings. The van der Waals surface area contributed by atoms with E-state index in [0.29, 0.717) is 18.2 Å². The molecule has 1 aliphatic heterocycles. The summed E-state index contributed by atoms with van der Waals surface area (Å²) < 4.78 is 23.2. The quantitative estimate of drug-likeness (QED) is 0.885. The summed E-state index contributed by atoms with van der Waals surface area (Å²) in [5, 5.41) is 6.50. The lowest BCUT2D eigenvalue weighted by molar-refractivity contribution is 0.602. The number of rotatable bonds is 4. The summed E-state index contributed by atoms with van der Waals surface area (Å²) in [4.78, 5) is 8.87. The second-order valence-electron chi connectivity index (χ2n) is 6.35. The maximum Gasteiger partial charge on any atom is 0.225 e. The van der Waals surface area contributed by atoms with Gasteiger partial charge in [0.25, 0.3) is 0 Å². The van der Waals surface area contributed by atoms with Crippen LogP contribution in [0.25, 0.3) is 0 Å². The minimum atomic E-state index is -2.93. The van der Waals surface area contributed by atoms with E-state index in [4.69, 9.17) is 0 Å². The number of sulfone groups is 1. The summed E-state index contributed by atoms with van der Waals surface area (Å²) in [5.74, 6) is 1.53. The Balaban J connectivity index is 1.82. The van der Waals surface area contributed by atoms with Gasteiger partial charge < -0.3 is 10.6 Å². The van der Waals surface area contributed by atoms with Crippen molar-refractivity contribution in [3.05, 3.63) is 41.1 Å². The van der Waals surface area contributed by atoms with E-state index in [1.807, 2.05) is 45.0 Å². The highest BCUT2D eigenvalue weighted by Gasteiger charge is 2.28. The number of nitrogens with zero attached hydrogens (tertiary/aromatic N) is 2. The van der Waals surface area contributed by atoms with E-state index in [1.54, 1.807) is 0 Å². The first-order valence-electron chi connectivity index (χ1n) is 7.98. The van der Waals surface area contributed by atoms with Crippen LogP contribution in [0, 0.1) is 20.8 Å². The smallest absolute Gasteiger partial charge is 0.225 e. The topological polar surface area (TPSA) is 84.0 Å². The van der Waals surface area contributed by atoms with Gasteiger partial charge in [0.05, 0.1) is 11.5 Å². The fourth-order valence-corrected chi connectivity index (χ4v) is 4.60. The van der Waals surface area contributed by atoms with Crippen molar-refractivity contribution in [2.75, 3.05) is 22.1 Å². The van der Waals surface area contributed by atoms with Crippen molar-refractivity contribution in [3.8, 4) is 0 Å². The SMILES string of the molecule is Cc1cc(Nc2c(C)cccc2C)nc(NC2CCS(=O)(=O)C2)n1. The lowest BCUT2D eigenvalue weighted by Gasteiger charge is -2.15. The predicted octanol–water partition coefficient (Wildman–Crippen LogP) is 2.74. The Labute approximate surface area is 142 Å². The molecule has 0 amide bonds. The van der Waals surface area contributed by atoms with Gasteiger partial charge in [0.15, 0.2) is 9.84 Å². The van der Waals surface area contributed by atoms with Crippen LogP contribution >= 0.6 is 0 Å². The van der Waals surface area contributed by atoms with Crippen LogP contribution in [0.4, 0.5) is 17.5 Å². The Morgan fingerprint density at radius 2 is 1.83 bits per heavy atom. The highest BCUT2D eigenvalue weighted by atomic mass is 32.2. The number of hydrogen-bond acceptors (Lipinski definition) is 6. The lowest BCUT2D eigenvalue weighted by Crippen LogP contribution is -2.22. The molecule has 0 radical (unpaired) electrons. The first-order chi connectivity index (χ1) is 11.3. The van der Waals surface area contributed by atoms with Gasteiger partial charge in [-0.3, -0.25) is 0 Å². The van der Waals surface area contributed by atoms with Crippen LogP contribution in [0.1, 0.15) is 23.2 Å². The molecule has 6 nitrogen and oxygen atoms in total. The standard InChI is InChI=1S/C17H22N4O2S/c1-11-5-4-6-12(2)16(11)20-15-9-13(3)18-17(21-15)19-14-7-8-24(22,23)10-14/h4-6,9,14H,7-8,10H2,1-3H3,(H2,18,19,20,21). The number of para-hydroxylation sites is 1. The number of benzene rings is 1. The molecule has 0 aliphatic carbocycles. The zero-order valence-electron chi connectivity index (χ0n) is 14.1. The molecule has 2 heterocycles. The van der Waals surface area contributed by atoms with E-state index in [0.717, 1.165) is 22.5 Å². The molecule has 1 unspecified atom stereocenters. The monoisotopic (exact) mass is 346 g/mol. The molecule has 0 saturated carbocycles. The lowest BCUT2D eigenvalue weighted by atomic mass is 10.1. The zero-order valence-corrected chi connectivity index (χ0v) is 14.9. The van der Waals surface area contributed by atoms with Gasteiger partial charge in [-0.1, -0.05) is 18.2 Å². The van der Waals surface area contributed by atoms with Crippen LogP contribution in [-0.4, -0.2) is 35.9 Å². The molecular formula is C17H22N4O2S. The van der Waals surface area contributed by atoms with Gasteiger partial charge in [0, 0.05) is 23.5 Å². The van der Waals surface area contributed by atoms with Gasteiger partial charge in [-0.15, -0.1) is 0 Å². The van der Waals surface area contributed by atoms with Gasteiger partial charge in [0.2, 0.25) is 5.95 Å². The first kappa shape index (κ1) is 16.7. The van der Waals surface area contributed by atoms with Crippen molar-refractivity contribution >= 4 is 27.3 Å². The van der Waals surface area contributed by atoms with Crippen LogP contribution in [-0.2, 0) is 9.84 Å². The molecule has 1 aliphatic rings. The summed E-state index contributed by atoms with van der Waals surface area (Å²) in [6, 6.07) is 7.87. The summed E-state index contributed by atoms with van der Waals surface area (Å²) in [6.45, 7) is 5.99. The van der Waals surface area contributed by atoms with Gasteiger partial charge in [-0.05, 0) is 38.3 Å². The molecule has 7 heteroatoms. The highest BCUT2D eigenvalue weighted by Crippen LogP contribution is 2.24. The summed E-state index contributed by atoms with van der Waals surface area (Å²) >= 11 is 0. The molecule has 0 spiro atoms. The number of aromatic nitrogens is 2. The average molecular weight is 346 g/mol. The second-order valence-corrected chi connectivity index (χ2v) is 8.58. The van der Waals surface area contributed by atoms with Crippen molar-refractivity contribution in [3.63, 3.8) is 0 Å². The van der Waals surface area contributed by atoms with Gasteiger partial charge in [-0.2, -0.15) is 4.98 Å². The van der Waals surface area contributed by atoms with Gasteiger partial charge >= 0.3 is 0 Å². The molecule has 128 valence electrons. The third-order valence-electron chi connectivity index (χ3n) is 4.15. The second kappa shape index (κ2) is 6.39. The third kappa shape index (κ3) is 3.84. The molecule has 0 bridgehead atoms. The number of aryl methyl sites for hydroxylation is 3. The first-order valence-corrected chi connectivity index (χ1v) is 9.80. The molecule has 1 aromatic carbocycles. The molecule has 2 N–H and O–H groups in total.